The van der Waals surface area contributed by atoms with Crippen molar-refractivity contribution >= 4 is 28.9 Å². The van der Waals surface area contributed by atoms with E-state index in [1.807, 2.05) is 30.3 Å². The summed E-state index contributed by atoms with van der Waals surface area (Å²) in [6.07, 6.45) is -0.900. The molecule has 4 amide bonds. The minimum Gasteiger partial charge on any atom is -0.333 e. The molecule has 2 fully saturated rings. The summed E-state index contributed by atoms with van der Waals surface area (Å²) in [7, 11) is 1.62. The molecule has 2 aliphatic heterocycles. The highest BCUT2D eigenvalue weighted by atomic mass is 19.1. The zero-order chi connectivity index (χ0) is 30.2. The van der Waals surface area contributed by atoms with E-state index in [4.69, 9.17) is 0 Å². The molecule has 2 saturated heterocycles. The number of hydrazine groups is 1. The number of carbonyl (C=O) groups is 3. The Morgan fingerprint density at radius 3 is 2.42 bits per heavy atom. The van der Waals surface area contributed by atoms with E-state index in [1.54, 1.807) is 19.2 Å². The highest BCUT2D eigenvalue weighted by molar-refractivity contribution is 5.91. The van der Waals surface area contributed by atoms with E-state index in [1.165, 1.54) is 54.7 Å². The van der Waals surface area contributed by atoms with E-state index >= 15 is 0 Å². The third-order valence-electron chi connectivity index (χ3n) is 7.81. The van der Waals surface area contributed by atoms with Crippen molar-refractivity contribution in [3.63, 3.8) is 0 Å². The van der Waals surface area contributed by atoms with Gasteiger partial charge in [0.2, 0.25) is 11.8 Å². The Balaban J connectivity index is 1.36. The molecule has 0 aliphatic carbocycles. The highest BCUT2D eigenvalue weighted by Gasteiger charge is 2.51. The third kappa shape index (κ3) is 5.46. The summed E-state index contributed by atoms with van der Waals surface area (Å²) >= 11 is 0. The van der Waals surface area contributed by atoms with E-state index in [-0.39, 0.29) is 38.2 Å². The number of imidazole rings is 1. The molecular weight excluding hydrogens is 560 g/mol. The van der Waals surface area contributed by atoms with Gasteiger partial charge in [0.25, 0.3) is 0 Å². The fraction of sp³-hybridized carbons (Fsp3) is 0.267. The molecule has 1 aromatic heterocycles. The number of rotatable bonds is 6. The largest absolute Gasteiger partial charge is 0.334 e. The van der Waals surface area contributed by atoms with Crippen LogP contribution in [0.5, 0.6) is 0 Å². The average molecular weight is 590 g/mol. The molecule has 3 aromatic carbocycles. The number of likely N-dealkylation sites (N-methyl/N-ethyl adjacent to an activating group) is 1. The fourth-order valence-electron chi connectivity index (χ4n) is 5.78. The number of nitrogens with zero attached hydrogens (tertiary/aromatic N) is 5. The van der Waals surface area contributed by atoms with Crippen molar-refractivity contribution < 1.29 is 23.2 Å². The maximum absolute atomic E-state index is 14.0. The first-order valence-electron chi connectivity index (χ1n) is 13.7. The van der Waals surface area contributed by atoms with Crippen molar-refractivity contribution in [2.45, 2.75) is 31.8 Å². The lowest BCUT2D eigenvalue weighted by atomic mass is 10.0. The third-order valence-corrected chi connectivity index (χ3v) is 7.81. The highest BCUT2D eigenvalue weighted by Crippen LogP contribution is 2.28. The molecule has 2 atom stereocenters. The molecule has 4 aromatic rings. The number of halogens is 2. The number of fused-ring (bicyclic) bond motifs is 2. The minimum absolute atomic E-state index is 0.0183. The second kappa shape index (κ2) is 11.3. The Bertz CT molecular complexity index is 1740. The van der Waals surface area contributed by atoms with Crippen LogP contribution in [0.1, 0.15) is 11.1 Å². The molecule has 222 valence electrons. The number of benzene rings is 3. The van der Waals surface area contributed by atoms with Crippen molar-refractivity contribution in [2.75, 3.05) is 20.1 Å². The topological polar surface area (TPSA) is 114 Å². The number of hydrogen-bond acceptors (Lipinski definition) is 5. The van der Waals surface area contributed by atoms with Crippen molar-refractivity contribution in [2.24, 2.45) is 0 Å². The van der Waals surface area contributed by atoms with Gasteiger partial charge in [-0.1, -0.05) is 42.5 Å². The lowest BCUT2D eigenvalue weighted by Crippen LogP contribution is -2.76. The van der Waals surface area contributed by atoms with Gasteiger partial charge in [0, 0.05) is 20.1 Å². The summed E-state index contributed by atoms with van der Waals surface area (Å²) in [6.45, 7) is -0.0892. The summed E-state index contributed by atoms with van der Waals surface area (Å²) in [4.78, 5) is 59.6. The van der Waals surface area contributed by atoms with Crippen LogP contribution in [-0.2, 0) is 29.2 Å². The van der Waals surface area contributed by atoms with E-state index in [9.17, 15) is 28.0 Å². The maximum Gasteiger partial charge on any atom is 0.334 e. The first-order chi connectivity index (χ1) is 20.7. The van der Waals surface area contributed by atoms with E-state index in [0.29, 0.717) is 11.1 Å². The fourth-order valence-corrected chi connectivity index (χ4v) is 5.78. The van der Waals surface area contributed by atoms with Crippen LogP contribution in [0.15, 0.2) is 77.6 Å². The Hall–Kier alpha value is -5.04. The van der Waals surface area contributed by atoms with Gasteiger partial charge in [0.15, 0.2) is 0 Å². The molecule has 3 heterocycles. The Morgan fingerprint density at radius 1 is 0.953 bits per heavy atom. The molecule has 13 heteroatoms. The number of nitrogens with one attached hydrogen (secondary N) is 2. The lowest BCUT2D eigenvalue weighted by molar-refractivity contribution is -0.188. The summed E-state index contributed by atoms with van der Waals surface area (Å²) in [6, 6.07) is 17.2. The lowest BCUT2D eigenvalue weighted by Gasteiger charge is -2.54. The van der Waals surface area contributed by atoms with Gasteiger partial charge in [-0.15, -0.1) is 0 Å². The van der Waals surface area contributed by atoms with E-state index in [0.717, 1.165) is 5.56 Å². The number of aromatic nitrogens is 2. The van der Waals surface area contributed by atoms with Gasteiger partial charge in [-0.05, 0) is 41.5 Å². The molecular formula is C30H29F2N7O4. The summed E-state index contributed by atoms with van der Waals surface area (Å²) in [5, 5.41) is 5.81. The number of H-pyrrole nitrogens is 1. The summed E-state index contributed by atoms with van der Waals surface area (Å²) in [5.74, 6) is -1.79. The Morgan fingerprint density at radius 2 is 1.67 bits per heavy atom. The number of urea groups is 1. The summed E-state index contributed by atoms with van der Waals surface area (Å²) < 4.78 is 28.8. The van der Waals surface area contributed by atoms with Gasteiger partial charge < -0.3 is 20.1 Å². The molecule has 2 aliphatic rings. The van der Waals surface area contributed by atoms with Gasteiger partial charge in [-0.3, -0.25) is 14.2 Å². The molecule has 0 saturated carbocycles. The van der Waals surface area contributed by atoms with Gasteiger partial charge >= 0.3 is 11.7 Å². The van der Waals surface area contributed by atoms with Crippen LogP contribution in [-0.4, -0.2) is 79.6 Å². The van der Waals surface area contributed by atoms with Crippen molar-refractivity contribution in [1.82, 2.24) is 34.7 Å². The van der Waals surface area contributed by atoms with Crippen LogP contribution in [0.25, 0.3) is 11.0 Å². The zero-order valence-electron chi connectivity index (χ0n) is 23.2. The van der Waals surface area contributed by atoms with Crippen molar-refractivity contribution in [1.29, 1.82) is 0 Å². The molecule has 2 N–H and O–H groups in total. The number of aromatic amines is 1. The van der Waals surface area contributed by atoms with Gasteiger partial charge in [0.1, 0.15) is 23.8 Å². The van der Waals surface area contributed by atoms with Crippen LogP contribution >= 0.6 is 0 Å². The van der Waals surface area contributed by atoms with Gasteiger partial charge in [-0.25, -0.2) is 28.4 Å². The molecule has 6 rings (SSSR count). The number of piperazine rings is 1. The quantitative estimate of drug-likeness (QED) is 0.358. The smallest absolute Gasteiger partial charge is 0.333 e. The second-order valence-corrected chi connectivity index (χ2v) is 10.6. The van der Waals surface area contributed by atoms with Crippen molar-refractivity contribution in [3.8, 4) is 0 Å². The zero-order valence-corrected chi connectivity index (χ0v) is 23.2. The molecule has 0 unspecified atom stereocenters. The van der Waals surface area contributed by atoms with Crippen molar-refractivity contribution in [3.05, 3.63) is 106 Å². The maximum atomic E-state index is 14.0. The van der Waals surface area contributed by atoms with E-state index in [2.05, 4.69) is 10.3 Å². The molecule has 43 heavy (non-hydrogen) atoms. The van der Waals surface area contributed by atoms with Crippen LogP contribution < -0.4 is 11.0 Å². The molecule has 0 spiro atoms. The van der Waals surface area contributed by atoms with E-state index < -0.39 is 47.4 Å². The van der Waals surface area contributed by atoms with Crippen LogP contribution in [0.3, 0.4) is 0 Å². The predicted octanol–water partition coefficient (Wildman–Crippen LogP) is 2.25. The second-order valence-electron chi connectivity index (χ2n) is 10.6. The normalized spacial score (nSPS) is 19.2. The monoisotopic (exact) mass is 589 g/mol. The Kier molecular flexibility index (Phi) is 7.40. The average Bonchev–Trinajstić information content (AvgIpc) is 3.29. The van der Waals surface area contributed by atoms with Gasteiger partial charge in [0.05, 0.1) is 30.7 Å². The Labute approximate surface area is 244 Å². The van der Waals surface area contributed by atoms with Gasteiger partial charge in [-0.2, -0.15) is 0 Å². The molecule has 0 radical (unpaired) electrons. The minimum atomic E-state index is -1.16. The van der Waals surface area contributed by atoms with Crippen LogP contribution in [0, 0.1) is 11.6 Å². The van der Waals surface area contributed by atoms with Crippen LogP contribution in [0.2, 0.25) is 0 Å². The molecule has 11 nitrogen and oxygen atoms in total. The summed E-state index contributed by atoms with van der Waals surface area (Å²) in [5.41, 5.74) is 1.58. The number of hydrogen-bond donors (Lipinski definition) is 2. The standard InChI is InChI=1S/C30H29F2N7O4/c1-35-18-27(40)38-25(16-37-24-12-11-22(32)13-23(24)34-30(37)43)28(41)36(15-20-7-9-21(31)10-8-20)17-26(38)39(35)29(42)33-14-19-5-3-2-4-6-19/h2-13,25-26H,14-18H2,1H3,(H,33,42)(H,34,43)/t25-,26-/m0/s1. The first-order valence-corrected chi connectivity index (χ1v) is 13.7. The number of carbonyl (C=O) groups excluding carboxylic acids is 3. The van der Waals surface area contributed by atoms with Crippen LogP contribution in [0.4, 0.5) is 13.6 Å². The first kappa shape index (κ1) is 28.1. The predicted molar refractivity (Wildman–Crippen MR) is 152 cm³/mol. The molecule has 0 bridgehead atoms. The number of amides is 4. The SMILES string of the molecule is CN1CC(=O)N2[C@@H](Cn3c(=O)[nH]c4cc(F)ccc43)C(=O)N(Cc3ccc(F)cc3)C[C@@H]2N1C(=O)NCc1ccccc1.